The Kier molecular flexibility index (Phi) is 168. The molecule has 0 aromatic rings. The van der Waals surface area contributed by atoms with Crippen molar-refractivity contribution >= 4 is 62.3 Å². The molecule has 0 aromatic carbocycles. The zero-order valence-electron chi connectivity index (χ0n) is 1.70. The molecule has 30 valence electrons. The normalized spacial score (nSPS) is 0. The van der Waals surface area contributed by atoms with Crippen molar-refractivity contribution in [1.29, 1.82) is 0 Å². The Morgan fingerprint density at radius 3 is 1.00 bits per heavy atom. The summed E-state index contributed by atoms with van der Waals surface area (Å²) in [6, 6.07) is 0. The molecule has 6 radical (unpaired) electrons. The maximum atomic E-state index is 0. The maximum Gasteiger partial charge on any atom is 0 e. The van der Waals surface area contributed by atoms with Gasteiger partial charge >= 0.3 is 51.4 Å². The first-order valence-corrected chi connectivity index (χ1v) is 0. The fourth-order valence-corrected chi connectivity index (χ4v) is 0. The molecule has 0 unspecified atom stereocenters. The molecule has 0 spiro atoms. The summed E-state index contributed by atoms with van der Waals surface area (Å²) in [6.07, 6.45) is 0. The minimum absolute atomic E-state index is 0. The third kappa shape index (κ3) is 17.9. The summed E-state index contributed by atoms with van der Waals surface area (Å²) < 4.78 is 0. The molecule has 0 heterocycles. The maximum absolute atomic E-state index is 0. The van der Waals surface area contributed by atoms with Crippen LogP contribution in [0.1, 0.15) is 0 Å². The van der Waals surface area contributed by atoms with Gasteiger partial charge in [-0.25, -0.2) is 0 Å². The van der Waals surface area contributed by atoms with Crippen molar-refractivity contribution < 1.29 is 73.1 Å². The first-order chi connectivity index (χ1) is 0. The zero-order chi connectivity index (χ0) is 0. The van der Waals surface area contributed by atoms with Crippen molar-refractivity contribution in [2.45, 2.75) is 0 Å². The van der Waals surface area contributed by atoms with Gasteiger partial charge in [0.25, 0.3) is 0 Å². The van der Waals surface area contributed by atoms with E-state index in [0.29, 0.717) is 0 Å². The van der Waals surface area contributed by atoms with Gasteiger partial charge in [-0.15, -0.1) is 0 Å². The molecule has 0 N–H and O–H groups in total. The predicted octanol–water partition coefficient (Wildman–Crippen LogP) is -1.03. The van der Waals surface area contributed by atoms with Crippen LogP contribution in [0, 0.1) is 35.6 Å². The minimum atomic E-state index is 0. The third-order valence-corrected chi connectivity index (χ3v) is 0. The summed E-state index contributed by atoms with van der Waals surface area (Å²) in [5.74, 6) is 0. The summed E-state index contributed by atoms with van der Waals surface area (Å²) in [7, 11) is 0. The van der Waals surface area contributed by atoms with Crippen molar-refractivity contribution in [3.8, 4) is 0 Å². The second-order valence-corrected chi connectivity index (χ2v) is 0. The van der Waals surface area contributed by atoms with Crippen molar-refractivity contribution in [3.63, 3.8) is 0 Å². The van der Waals surface area contributed by atoms with Crippen LogP contribution in [0.25, 0.3) is 0 Å². The summed E-state index contributed by atoms with van der Waals surface area (Å²) in [6.45, 7) is 0. The van der Waals surface area contributed by atoms with E-state index in [4.69, 9.17) is 0 Å². The molecular weight excluding hydrogens is 376 g/mol. The van der Waals surface area contributed by atoms with Crippen molar-refractivity contribution in [1.82, 2.24) is 0 Å². The average molecular weight is 377 g/mol. The quantitative estimate of drug-likeness (QED) is 0.474. The smallest absolute Gasteiger partial charge is 0 e. The molecule has 5 heavy (non-hydrogen) atoms. The Balaban J connectivity index is 0. The number of hydrogen-bond donors (Lipinski definition) is 0. The molecule has 0 saturated heterocycles. The standard InChI is InChI=1S/Cu.K.La.Pd.Si.H. The Morgan fingerprint density at radius 1 is 1.00 bits per heavy atom. The molecule has 0 aliphatic carbocycles. The molecule has 0 saturated carbocycles. The van der Waals surface area contributed by atoms with E-state index in [0.717, 1.165) is 0 Å². The van der Waals surface area contributed by atoms with Crippen LogP contribution < -0.4 is 0 Å². The van der Waals surface area contributed by atoms with Crippen LogP contribution in [0.15, 0.2) is 0 Å². The van der Waals surface area contributed by atoms with Crippen LogP contribution in [0.3, 0.4) is 0 Å². The molecule has 0 nitrogen and oxygen atoms in total. The summed E-state index contributed by atoms with van der Waals surface area (Å²) >= 11 is 0. The first kappa shape index (κ1) is 34.9. The Morgan fingerprint density at radius 2 is 1.00 bits per heavy atom. The van der Waals surface area contributed by atoms with Gasteiger partial charge in [-0.1, -0.05) is 0 Å². The Hall–Kier alpha value is 4.23. The summed E-state index contributed by atoms with van der Waals surface area (Å²) in [4.78, 5) is 0. The largest absolute Gasteiger partial charge is 0 e. The fraction of sp³-hybridized carbons (Fsp3) is 0. The molecule has 0 aliphatic heterocycles. The van der Waals surface area contributed by atoms with Crippen molar-refractivity contribution in [3.05, 3.63) is 0 Å². The van der Waals surface area contributed by atoms with Gasteiger partial charge in [0.15, 0.2) is 0 Å². The molecule has 0 rings (SSSR count). The van der Waals surface area contributed by atoms with E-state index >= 15 is 0 Å². The molecule has 0 amide bonds. The molecule has 0 aliphatic rings. The van der Waals surface area contributed by atoms with Crippen LogP contribution in [0.5, 0.6) is 0 Å². The topological polar surface area (TPSA) is 0 Å². The molecule has 0 aromatic heterocycles. The van der Waals surface area contributed by atoms with Crippen LogP contribution in [-0.2, 0) is 37.5 Å². The monoisotopic (exact) mass is 376 g/mol. The van der Waals surface area contributed by atoms with Crippen LogP contribution in [-0.4, -0.2) is 62.3 Å². The van der Waals surface area contributed by atoms with Gasteiger partial charge in [0, 0.05) is 84.1 Å². The Labute approximate surface area is 132 Å². The van der Waals surface area contributed by atoms with E-state index in [1.807, 2.05) is 0 Å². The second kappa shape index (κ2) is 24.0. The Bertz CT molecular complexity index is 11.6. The number of hydrogen-bond acceptors (Lipinski definition) is 0. The predicted molar refractivity (Wildman–Crippen MR) is 12.9 cm³/mol. The van der Waals surface area contributed by atoms with E-state index < -0.39 is 0 Å². The van der Waals surface area contributed by atoms with Gasteiger partial charge in [0.2, 0.25) is 0 Å². The van der Waals surface area contributed by atoms with Gasteiger partial charge < -0.3 is 0 Å². The summed E-state index contributed by atoms with van der Waals surface area (Å²) in [5, 5.41) is 0. The van der Waals surface area contributed by atoms with E-state index in [1.165, 1.54) is 0 Å². The second-order valence-electron chi connectivity index (χ2n) is 0. The van der Waals surface area contributed by atoms with Crippen LogP contribution >= 0.6 is 0 Å². The molecule has 0 fully saturated rings. The van der Waals surface area contributed by atoms with Gasteiger partial charge in [0.1, 0.15) is 0 Å². The van der Waals surface area contributed by atoms with Gasteiger partial charge in [-0.2, -0.15) is 0 Å². The zero-order valence-corrected chi connectivity index (χ0v) is 8.82. The summed E-state index contributed by atoms with van der Waals surface area (Å²) in [5.41, 5.74) is 0. The van der Waals surface area contributed by atoms with E-state index in [-0.39, 0.29) is 135 Å². The molecular formula is HCuKLaPdSi. The van der Waals surface area contributed by atoms with E-state index in [1.54, 1.807) is 0 Å². The molecule has 0 atom stereocenters. The van der Waals surface area contributed by atoms with Gasteiger partial charge in [0.05, 0.1) is 0 Å². The minimum Gasteiger partial charge on any atom is 0 e. The first-order valence-electron chi connectivity index (χ1n) is 0. The van der Waals surface area contributed by atoms with Crippen molar-refractivity contribution in [2.24, 2.45) is 0 Å². The van der Waals surface area contributed by atoms with Crippen molar-refractivity contribution in [2.75, 3.05) is 0 Å². The van der Waals surface area contributed by atoms with E-state index in [2.05, 4.69) is 0 Å². The number of rotatable bonds is 0. The van der Waals surface area contributed by atoms with Gasteiger partial charge in [-0.05, 0) is 0 Å². The average Bonchev–Trinajstić information content (AvgIpc) is 0. The third-order valence-electron chi connectivity index (χ3n) is 0. The molecule has 0 bridgehead atoms. The SMILES string of the molecule is [Cu].[KH].[La].[Pd].[Si]. The fourth-order valence-electron chi connectivity index (χ4n) is 0. The van der Waals surface area contributed by atoms with Crippen LogP contribution in [0.4, 0.5) is 0 Å². The van der Waals surface area contributed by atoms with Gasteiger partial charge in [-0.3, -0.25) is 0 Å². The van der Waals surface area contributed by atoms with Crippen LogP contribution in [0.2, 0.25) is 0 Å². The molecule has 5 heteroatoms. The van der Waals surface area contributed by atoms with E-state index in [9.17, 15) is 0 Å².